The van der Waals surface area contributed by atoms with E-state index < -0.39 is 7.87 Å². The second kappa shape index (κ2) is 47.8. The van der Waals surface area contributed by atoms with E-state index in [9.17, 15) is 0 Å². The SMILES string of the molecule is CCCCCCCN(c1ccc(OC)cc1)[P+](N(CCCCCCC)c1ccc(OC)cc1)(N(CCCCCCC)c1ccc(OC)cc1)N(CCCCCCC)c1ccc(OC)cc1.II.II.II.[I-]. The summed E-state index contributed by atoms with van der Waals surface area (Å²) in [5.41, 5.74) is 4.86. The van der Waals surface area contributed by atoms with Crippen LogP contribution in [-0.2, 0) is 0 Å². The van der Waals surface area contributed by atoms with Gasteiger partial charge in [0.05, 0.1) is 77.4 Å². The average Bonchev–Trinajstić information content (AvgIpc) is 3.44. The molecule has 0 unspecified atom stereocenters. The maximum absolute atomic E-state index is 5.86. The molecule has 0 aliphatic rings. The van der Waals surface area contributed by atoms with Gasteiger partial charge in [0, 0.05) is 112 Å². The van der Waals surface area contributed by atoms with E-state index in [-0.39, 0.29) is 24.0 Å². The fourth-order valence-electron chi connectivity index (χ4n) is 8.93. The predicted molar refractivity (Wildman–Crippen MR) is 367 cm³/mol. The number of ether oxygens (including phenoxy) is 4. The lowest BCUT2D eigenvalue weighted by Crippen LogP contribution is -3.00. The quantitative estimate of drug-likeness (QED) is 0.0254. The van der Waals surface area contributed by atoms with Crippen LogP contribution in [0.25, 0.3) is 0 Å². The van der Waals surface area contributed by atoms with E-state index in [1.54, 1.807) is 28.4 Å². The van der Waals surface area contributed by atoms with Crippen LogP contribution in [0.4, 0.5) is 22.7 Å². The molecule has 0 radical (unpaired) electrons. The largest absolute Gasteiger partial charge is 1.00 e. The van der Waals surface area contributed by atoms with Gasteiger partial charge in [-0.3, -0.25) is 0 Å². The Morgan fingerprint density at radius 2 is 0.458 bits per heavy atom. The highest BCUT2D eigenvalue weighted by Gasteiger charge is 2.63. The van der Waals surface area contributed by atoms with E-state index in [0.717, 1.165) is 74.9 Å². The highest BCUT2D eigenvalue weighted by Crippen LogP contribution is 2.74. The lowest BCUT2D eigenvalue weighted by Gasteiger charge is -2.53. The van der Waals surface area contributed by atoms with Crippen LogP contribution in [-0.4, -0.2) is 54.6 Å². The van der Waals surface area contributed by atoms with Gasteiger partial charge in [-0.1, -0.05) is 130 Å². The van der Waals surface area contributed by atoms with Gasteiger partial charge < -0.3 is 42.9 Å². The topological polar surface area (TPSA) is 49.9 Å². The van der Waals surface area contributed by atoms with Crippen LogP contribution in [0, 0.1) is 0 Å². The summed E-state index contributed by atoms with van der Waals surface area (Å²) >= 11 is 12.7. The lowest BCUT2D eigenvalue weighted by molar-refractivity contribution is -0.0000152. The van der Waals surface area contributed by atoms with Crippen molar-refractivity contribution in [1.82, 2.24) is 0 Å². The number of unbranched alkanes of at least 4 members (excludes halogenated alkanes) is 16. The van der Waals surface area contributed by atoms with Gasteiger partial charge in [0.15, 0.2) is 0 Å². The maximum atomic E-state index is 5.86. The van der Waals surface area contributed by atoms with Crippen LogP contribution in [0.15, 0.2) is 97.1 Å². The fourth-order valence-corrected chi connectivity index (χ4v) is 13.9. The Kier molecular flexibility index (Phi) is 48.3. The number of rotatable bonds is 36. The highest BCUT2D eigenvalue weighted by atomic mass is 128. The number of hydrogen-bond acceptors (Lipinski definition) is 8. The third kappa shape index (κ3) is 25.3. The van der Waals surface area contributed by atoms with Crippen molar-refractivity contribution in [3.63, 3.8) is 0 Å². The Morgan fingerprint density at radius 1 is 0.292 bits per heavy atom. The van der Waals surface area contributed by atoms with Crippen LogP contribution >= 0.6 is 120 Å². The Labute approximate surface area is 527 Å². The van der Waals surface area contributed by atoms with Gasteiger partial charge in [0.25, 0.3) is 0 Å². The summed E-state index contributed by atoms with van der Waals surface area (Å²) in [7, 11) is 4.12. The van der Waals surface area contributed by atoms with E-state index in [2.05, 4.69) is 255 Å². The Balaban J connectivity index is 0.00000693. The maximum Gasteiger partial charge on any atom is 0.405 e. The third-order valence-corrected chi connectivity index (χ3v) is 17.0. The molecule has 0 aliphatic carbocycles. The second-order valence-corrected chi connectivity index (χ2v) is 20.5. The molecule has 16 heteroatoms. The molecule has 0 N–H and O–H groups in total. The first kappa shape index (κ1) is 72.8. The number of anilines is 4. The van der Waals surface area contributed by atoms with Gasteiger partial charge in [-0.05, 0) is 123 Å². The Morgan fingerprint density at radius 3 is 0.611 bits per heavy atom. The molecular weight excluding hydrogens is 1710 g/mol. The first-order valence-corrected chi connectivity index (χ1v) is 46.4. The van der Waals surface area contributed by atoms with Crippen molar-refractivity contribution in [2.75, 3.05) is 73.3 Å². The normalized spacial score (nSPS) is 10.5. The molecule has 0 bridgehead atoms. The fraction of sp³-hybridized carbons (Fsp3) is 0.571. The van der Waals surface area contributed by atoms with Gasteiger partial charge in [0.2, 0.25) is 0 Å². The molecule has 0 amide bonds. The molecular formula is C56H88I7N4O4P. The smallest absolute Gasteiger partial charge is 0.405 e. The van der Waals surface area contributed by atoms with E-state index >= 15 is 0 Å². The molecule has 0 saturated heterocycles. The number of benzene rings is 4. The zero-order valence-corrected chi connectivity index (χ0v) is 60.7. The number of hydrogen-bond donors (Lipinski definition) is 0. The molecule has 8 nitrogen and oxygen atoms in total. The molecule has 4 aromatic rings. The average molecular weight is 1800 g/mol. The Bertz CT molecular complexity index is 1560. The van der Waals surface area contributed by atoms with Gasteiger partial charge in [0.1, 0.15) is 23.0 Å². The second-order valence-electron chi connectivity index (χ2n) is 17.5. The van der Waals surface area contributed by atoms with Crippen molar-refractivity contribution < 1.29 is 42.9 Å². The minimum Gasteiger partial charge on any atom is -1.00 e. The van der Waals surface area contributed by atoms with Crippen molar-refractivity contribution in [3.8, 4) is 23.0 Å². The summed E-state index contributed by atoms with van der Waals surface area (Å²) in [5, 5.41) is 0. The first-order chi connectivity index (χ1) is 34.9. The van der Waals surface area contributed by atoms with Gasteiger partial charge in [-0.15, -0.1) is 0 Å². The van der Waals surface area contributed by atoms with E-state index in [4.69, 9.17) is 18.9 Å². The lowest BCUT2D eigenvalue weighted by atomic mass is 10.1. The zero-order valence-electron chi connectivity index (χ0n) is 44.7. The summed E-state index contributed by atoms with van der Waals surface area (Å²) in [6, 6.07) is 36.0. The number of methoxy groups -OCH3 is 4. The molecule has 0 spiro atoms. The van der Waals surface area contributed by atoms with Crippen LogP contribution < -0.4 is 61.6 Å². The standard InChI is InChI=1S/C56H88N4O4P.3I2.HI/c1-9-13-17-21-25-45-57(49-29-37-53(61-5)38-30-49)65(58(46-26-22-18-14-10-2)50-31-39-54(62-6)40-32-50,59(47-27-23-19-15-11-3)51-33-41-55(63-7)42-34-51)60(48-28-24-20-16-12-4)52-35-43-56(64-8)44-36-52;3*1-2;/h29-44H,9-28,45-48H2,1-8H3;;;;1H/q+1;;;;/p-1. The number of halogens is 7. The van der Waals surface area contributed by atoms with Crippen LogP contribution in [0.3, 0.4) is 0 Å². The molecule has 0 fully saturated rings. The van der Waals surface area contributed by atoms with E-state index in [1.807, 2.05) is 0 Å². The molecule has 410 valence electrons. The molecule has 4 rings (SSSR count). The molecule has 0 aliphatic heterocycles. The monoisotopic (exact) mass is 1800 g/mol. The van der Waals surface area contributed by atoms with Crippen LogP contribution in [0.5, 0.6) is 23.0 Å². The summed E-state index contributed by atoms with van der Waals surface area (Å²) in [6.07, 6.45) is 23.9. The molecule has 0 aromatic heterocycles. The van der Waals surface area contributed by atoms with Crippen molar-refractivity contribution in [1.29, 1.82) is 0 Å². The summed E-state index contributed by atoms with van der Waals surface area (Å²) in [4.78, 5) is 0. The number of nitrogens with zero attached hydrogens (tertiary/aromatic N) is 4. The van der Waals surface area contributed by atoms with Gasteiger partial charge in [-0.25, -0.2) is 0 Å². The van der Waals surface area contributed by atoms with Gasteiger partial charge in [-0.2, -0.15) is 18.7 Å². The zero-order chi connectivity index (χ0) is 52.5. The van der Waals surface area contributed by atoms with Crippen LogP contribution in [0.1, 0.15) is 156 Å². The summed E-state index contributed by atoms with van der Waals surface area (Å²) in [6.45, 7) is 12.9. The van der Waals surface area contributed by atoms with Crippen molar-refractivity contribution in [2.24, 2.45) is 0 Å². The highest BCUT2D eigenvalue weighted by molar-refractivity contribution is 15.0. The van der Waals surface area contributed by atoms with Crippen molar-refractivity contribution in [2.45, 2.75) is 156 Å². The van der Waals surface area contributed by atoms with Crippen molar-refractivity contribution in [3.05, 3.63) is 97.1 Å². The van der Waals surface area contributed by atoms with Gasteiger partial charge >= 0.3 is 7.87 Å². The molecule has 0 heterocycles. The predicted octanol–water partition coefficient (Wildman–Crippen LogP) is 18.9. The minimum absolute atomic E-state index is 0. The summed E-state index contributed by atoms with van der Waals surface area (Å²) in [5.74, 6) is 3.48. The molecule has 4 aromatic carbocycles. The molecule has 0 saturated carbocycles. The summed E-state index contributed by atoms with van der Waals surface area (Å²) < 4.78 is 35.0. The minimum atomic E-state index is -2.97. The molecule has 72 heavy (non-hydrogen) atoms. The van der Waals surface area contributed by atoms with Crippen molar-refractivity contribution >= 4 is 142 Å². The third-order valence-electron chi connectivity index (χ3n) is 12.7. The Hall–Kier alpha value is 0.820. The van der Waals surface area contributed by atoms with E-state index in [1.165, 1.54) is 125 Å². The van der Waals surface area contributed by atoms with Crippen LogP contribution in [0.2, 0.25) is 0 Å². The van der Waals surface area contributed by atoms with E-state index in [0.29, 0.717) is 0 Å². The first-order valence-electron chi connectivity index (χ1n) is 26.0. The molecule has 0 atom stereocenters.